The summed E-state index contributed by atoms with van der Waals surface area (Å²) in [4.78, 5) is 11.6. The normalized spacial score (nSPS) is 12.2. The van der Waals surface area contributed by atoms with Crippen LogP contribution < -0.4 is 5.32 Å². The van der Waals surface area contributed by atoms with Crippen LogP contribution in [0.15, 0.2) is 18.2 Å². The van der Waals surface area contributed by atoms with Crippen molar-refractivity contribution in [3.63, 3.8) is 0 Å². The minimum Gasteiger partial charge on any atom is -0.396 e. The molecule has 0 aliphatic carbocycles. The quantitative estimate of drug-likeness (QED) is 0.811. The maximum atomic E-state index is 11.6. The van der Waals surface area contributed by atoms with Crippen molar-refractivity contribution in [2.24, 2.45) is 0 Å². The summed E-state index contributed by atoms with van der Waals surface area (Å²) in [6.07, 6.45) is 0.569. The van der Waals surface area contributed by atoms with E-state index in [1.54, 1.807) is 12.1 Å². The second-order valence-corrected chi connectivity index (χ2v) is 6.04. The van der Waals surface area contributed by atoms with Crippen molar-refractivity contribution in [3.05, 3.63) is 33.8 Å². The fraction of sp³-hybridized carbons (Fsp3) is 0.462. The number of benzene rings is 1. The summed E-state index contributed by atoms with van der Waals surface area (Å²) >= 11 is 13.3. The second-order valence-electron chi connectivity index (χ2n) is 4.21. The Bertz CT molecular complexity index is 429. The molecule has 0 radical (unpaired) electrons. The van der Waals surface area contributed by atoms with Crippen molar-refractivity contribution in [2.75, 3.05) is 12.4 Å². The maximum Gasteiger partial charge on any atom is 0.230 e. The highest BCUT2D eigenvalue weighted by atomic mass is 35.5. The number of hydrogen-bond acceptors (Lipinski definition) is 3. The number of carbonyl (C=O) groups is 1. The summed E-state index contributed by atoms with van der Waals surface area (Å²) in [6.45, 7) is 1.95. The van der Waals surface area contributed by atoms with Crippen LogP contribution in [0.2, 0.25) is 10.0 Å². The summed E-state index contributed by atoms with van der Waals surface area (Å²) in [5, 5.41) is 12.8. The third-order valence-electron chi connectivity index (χ3n) is 2.48. The molecule has 1 atom stereocenters. The molecule has 2 N–H and O–H groups in total. The van der Waals surface area contributed by atoms with Gasteiger partial charge in [0.1, 0.15) is 0 Å². The molecule has 0 saturated carbocycles. The van der Waals surface area contributed by atoms with Crippen LogP contribution in [-0.4, -0.2) is 29.4 Å². The lowest BCUT2D eigenvalue weighted by atomic mass is 10.2. The molecule has 0 bridgehead atoms. The zero-order valence-electron chi connectivity index (χ0n) is 10.7. The van der Waals surface area contributed by atoms with E-state index in [0.717, 1.165) is 5.56 Å². The average molecular weight is 322 g/mol. The molecule has 0 saturated heterocycles. The van der Waals surface area contributed by atoms with Gasteiger partial charge in [-0.05, 0) is 31.0 Å². The fourth-order valence-corrected chi connectivity index (χ4v) is 2.87. The third kappa shape index (κ3) is 6.52. The Kier molecular flexibility index (Phi) is 7.61. The van der Waals surface area contributed by atoms with Crippen LogP contribution >= 0.6 is 35.0 Å². The van der Waals surface area contributed by atoms with Gasteiger partial charge in [0.2, 0.25) is 5.91 Å². The lowest BCUT2D eigenvalue weighted by Gasteiger charge is -2.12. The first-order valence-electron chi connectivity index (χ1n) is 5.95. The standard InChI is InChI=1S/C13H17Cl2NO2S/c1-9(4-5-17)16-13(18)8-19-7-10-2-3-11(14)6-12(10)15/h2-3,6,9,17H,4-5,7-8H2,1H3,(H,16,18)/t9-/m1/s1. The molecule has 0 aliphatic rings. The Morgan fingerprint density at radius 3 is 2.84 bits per heavy atom. The van der Waals surface area contributed by atoms with Gasteiger partial charge < -0.3 is 10.4 Å². The molecular formula is C13H17Cl2NO2S. The smallest absolute Gasteiger partial charge is 0.230 e. The van der Waals surface area contributed by atoms with E-state index in [0.29, 0.717) is 28.0 Å². The van der Waals surface area contributed by atoms with E-state index in [1.807, 2.05) is 13.0 Å². The SMILES string of the molecule is C[C@H](CCO)NC(=O)CSCc1ccc(Cl)cc1Cl. The number of halogens is 2. The van der Waals surface area contributed by atoms with Crippen molar-refractivity contribution < 1.29 is 9.90 Å². The maximum absolute atomic E-state index is 11.6. The van der Waals surface area contributed by atoms with E-state index in [1.165, 1.54) is 11.8 Å². The highest BCUT2D eigenvalue weighted by Crippen LogP contribution is 2.24. The molecule has 3 nitrogen and oxygen atoms in total. The van der Waals surface area contributed by atoms with Crippen LogP contribution in [0.3, 0.4) is 0 Å². The Morgan fingerprint density at radius 1 is 1.47 bits per heavy atom. The van der Waals surface area contributed by atoms with Gasteiger partial charge in [-0.3, -0.25) is 4.79 Å². The zero-order valence-corrected chi connectivity index (χ0v) is 13.0. The number of aliphatic hydroxyl groups excluding tert-OH is 1. The molecule has 1 rings (SSSR count). The van der Waals surface area contributed by atoms with Crippen LogP contribution in [0.5, 0.6) is 0 Å². The fourth-order valence-electron chi connectivity index (χ4n) is 1.47. The highest BCUT2D eigenvalue weighted by molar-refractivity contribution is 7.99. The Hall–Kier alpha value is -0.420. The Morgan fingerprint density at radius 2 is 2.21 bits per heavy atom. The zero-order chi connectivity index (χ0) is 14.3. The molecule has 106 valence electrons. The number of thioether (sulfide) groups is 1. The molecule has 0 spiro atoms. The monoisotopic (exact) mass is 321 g/mol. The topological polar surface area (TPSA) is 49.3 Å². The van der Waals surface area contributed by atoms with Crippen molar-refractivity contribution in [3.8, 4) is 0 Å². The van der Waals surface area contributed by atoms with E-state index < -0.39 is 0 Å². The van der Waals surface area contributed by atoms with Gasteiger partial charge in [-0.25, -0.2) is 0 Å². The minimum atomic E-state index is -0.0314. The first kappa shape index (κ1) is 16.6. The van der Waals surface area contributed by atoms with Crippen LogP contribution in [0, 0.1) is 0 Å². The first-order valence-corrected chi connectivity index (χ1v) is 7.86. The van der Waals surface area contributed by atoms with Gasteiger partial charge in [0, 0.05) is 28.4 Å². The van der Waals surface area contributed by atoms with E-state index in [9.17, 15) is 4.79 Å². The first-order chi connectivity index (χ1) is 9.02. The van der Waals surface area contributed by atoms with Gasteiger partial charge in [-0.2, -0.15) is 0 Å². The van der Waals surface area contributed by atoms with E-state index in [-0.39, 0.29) is 18.6 Å². The molecule has 1 amide bonds. The third-order valence-corrected chi connectivity index (χ3v) is 4.04. The molecule has 19 heavy (non-hydrogen) atoms. The van der Waals surface area contributed by atoms with Crippen molar-refractivity contribution >= 4 is 40.9 Å². The largest absolute Gasteiger partial charge is 0.396 e. The van der Waals surface area contributed by atoms with Crippen LogP contribution in [0.25, 0.3) is 0 Å². The molecule has 0 heterocycles. The van der Waals surface area contributed by atoms with Crippen LogP contribution in [0.1, 0.15) is 18.9 Å². The summed E-state index contributed by atoms with van der Waals surface area (Å²) in [6, 6.07) is 5.34. The average Bonchev–Trinajstić information content (AvgIpc) is 2.32. The Labute approximate surface area is 127 Å². The number of nitrogens with one attached hydrogen (secondary N) is 1. The summed E-state index contributed by atoms with van der Waals surface area (Å²) < 4.78 is 0. The number of aliphatic hydroxyl groups is 1. The second kappa shape index (κ2) is 8.69. The predicted octanol–water partition coefficient (Wildman–Crippen LogP) is 3.11. The molecule has 1 aromatic rings. The minimum absolute atomic E-state index is 0.00257. The van der Waals surface area contributed by atoms with Crippen LogP contribution in [0.4, 0.5) is 0 Å². The lowest BCUT2D eigenvalue weighted by Crippen LogP contribution is -2.34. The molecule has 6 heteroatoms. The predicted molar refractivity (Wildman–Crippen MR) is 81.9 cm³/mol. The number of carbonyl (C=O) groups excluding carboxylic acids is 1. The summed E-state index contributed by atoms with van der Waals surface area (Å²) in [7, 11) is 0. The van der Waals surface area contributed by atoms with Crippen molar-refractivity contribution in [1.82, 2.24) is 5.32 Å². The van der Waals surface area contributed by atoms with E-state index in [4.69, 9.17) is 28.3 Å². The summed E-state index contributed by atoms with van der Waals surface area (Å²) in [5.41, 5.74) is 0.965. The highest BCUT2D eigenvalue weighted by Gasteiger charge is 2.08. The molecule has 0 unspecified atom stereocenters. The number of rotatable bonds is 7. The van der Waals surface area contributed by atoms with Gasteiger partial charge in [0.15, 0.2) is 0 Å². The van der Waals surface area contributed by atoms with E-state index in [2.05, 4.69) is 5.32 Å². The van der Waals surface area contributed by atoms with Crippen molar-refractivity contribution in [1.29, 1.82) is 0 Å². The Balaban J connectivity index is 2.31. The molecule has 0 aromatic heterocycles. The molecule has 0 aliphatic heterocycles. The lowest BCUT2D eigenvalue weighted by molar-refractivity contribution is -0.119. The van der Waals surface area contributed by atoms with Gasteiger partial charge in [0.25, 0.3) is 0 Å². The number of amides is 1. The molecular weight excluding hydrogens is 305 g/mol. The van der Waals surface area contributed by atoms with Gasteiger partial charge in [0.05, 0.1) is 5.75 Å². The molecule has 0 fully saturated rings. The van der Waals surface area contributed by atoms with Gasteiger partial charge >= 0.3 is 0 Å². The van der Waals surface area contributed by atoms with Crippen LogP contribution in [-0.2, 0) is 10.5 Å². The van der Waals surface area contributed by atoms with Gasteiger partial charge in [-0.1, -0.05) is 29.3 Å². The molecule has 1 aromatic carbocycles. The van der Waals surface area contributed by atoms with Gasteiger partial charge in [-0.15, -0.1) is 11.8 Å². The number of hydrogen-bond donors (Lipinski definition) is 2. The van der Waals surface area contributed by atoms with E-state index >= 15 is 0 Å². The van der Waals surface area contributed by atoms with Crippen molar-refractivity contribution in [2.45, 2.75) is 25.1 Å². The summed E-state index contributed by atoms with van der Waals surface area (Å²) in [5.74, 6) is 1.00.